The van der Waals surface area contributed by atoms with Gasteiger partial charge in [0.05, 0.1) is 12.5 Å². The minimum absolute atomic E-state index is 0.0358. The minimum Gasteiger partial charge on any atom is -0.481 e. The SMILES string of the molecule is CCc1ccc(CN(C)C(=O)CN2C3CCC2C(C(=O)O)C3)cc1. The molecule has 1 N–H and O–H groups in total. The molecular weight excluding hydrogens is 304 g/mol. The summed E-state index contributed by atoms with van der Waals surface area (Å²) in [6, 6.07) is 8.65. The van der Waals surface area contributed by atoms with E-state index in [0.717, 1.165) is 24.8 Å². The minimum atomic E-state index is -0.719. The first-order chi connectivity index (χ1) is 11.5. The quantitative estimate of drug-likeness (QED) is 0.868. The molecule has 2 fully saturated rings. The number of carbonyl (C=O) groups is 2. The monoisotopic (exact) mass is 330 g/mol. The number of carboxylic acid groups (broad SMARTS) is 1. The molecular formula is C19H26N2O3. The summed E-state index contributed by atoms with van der Waals surface area (Å²) in [5.41, 5.74) is 2.41. The molecule has 0 aliphatic carbocycles. The van der Waals surface area contributed by atoms with Gasteiger partial charge >= 0.3 is 5.97 Å². The van der Waals surface area contributed by atoms with Crippen molar-refractivity contribution in [2.45, 2.75) is 51.2 Å². The van der Waals surface area contributed by atoms with E-state index in [9.17, 15) is 14.7 Å². The molecule has 1 aromatic rings. The van der Waals surface area contributed by atoms with Crippen molar-refractivity contribution < 1.29 is 14.7 Å². The molecule has 0 spiro atoms. The van der Waals surface area contributed by atoms with E-state index in [1.165, 1.54) is 5.56 Å². The molecule has 2 aliphatic rings. The Hall–Kier alpha value is -1.88. The number of aliphatic carboxylic acids is 1. The lowest BCUT2D eigenvalue weighted by Crippen LogP contribution is -2.41. The van der Waals surface area contributed by atoms with Crippen molar-refractivity contribution in [2.75, 3.05) is 13.6 Å². The highest BCUT2D eigenvalue weighted by molar-refractivity contribution is 5.78. The zero-order valence-electron chi connectivity index (χ0n) is 14.4. The zero-order chi connectivity index (χ0) is 17.3. The van der Waals surface area contributed by atoms with Gasteiger partial charge in [0.1, 0.15) is 0 Å². The van der Waals surface area contributed by atoms with E-state index in [1.807, 2.05) is 7.05 Å². The lowest BCUT2D eigenvalue weighted by Gasteiger charge is -2.25. The Labute approximate surface area is 143 Å². The lowest BCUT2D eigenvalue weighted by atomic mass is 9.89. The summed E-state index contributed by atoms with van der Waals surface area (Å²) in [5, 5.41) is 9.31. The fourth-order valence-corrected chi connectivity index (χ4v) is 4.13. The van der Waals surface area contributed by atoms with Crippen LogP contribution in [0.3, 0.4) is 0 Å². The summed E-state index contributed by atoms with van der Waals surface area (Å²) >= 11 is 0. The van der Waals surface area contributed by atoms with Crippen molar-refractivity contribution in [3.8, 4) is 0 Å². The topological polar surface area (TPSA) is 60.9 Å². The van der Waals surface area contributed by atoms with Crippen molar-refractivity contribution in [1.82, 2.24) is 9.80 Å². The van der Waals surface area contributed by atoms with E-state index < -0.39 is 5.97 Å². The number of fused-ring (bicyclic) bond motifs is 2. The Kier molecular flexibility index (Phi) is 4.90. The Balaban J connectivity index is 1.57. The maximum absolute atomic E-state index is 12.6. The summed E-state index contributed by atoms with van der Waals surface area (Å²) < 4.78 is 0. The smallest absolute Gasteiger partial charge is 0.308 e. The van der Waals surface area contributed by atoms with Crippen molar-refractivity contribution in [1.29, 1.82) is 0 Å². The van der Waals surface area contributed by atoms with Gasteiger partial charge in [-0.05, 0) is 36.8 Å². The number of likely N-dealkylation sites (N-methyl/N-ethyl adjacent to an activating group) is 1. The second-order valence-corrected chi connectivity index (χ2v) is 7.07. The average molecular weight is 330 g/mol. The highest BCUT2D eigenvalue weighted by Gasteiger charge is 2.49. The first-order valence-corrected chi connectivity index (χ1v) is 8.80. The van der Waals surface area contributed by atoms with Gasteiger partial charge < -0.3 is 10.0 Å². The van der Waals surface area contributed by atoms with Crippen LogP contribution in [0.5, 0.6) is 0 Å². The van der Waals surface area contributed by atoms with Crippen LogP contribution in [0, 0.1) is 5.92 Å². The van der Waals surface area contributed by atoms with Gasteiger partial charge in [0.15, 0.2) is 0 Å². The van der Waals surface area contributed by atoms with Crippen molar-refractivity contribution in [3.05, 3.63) is 35.4 Å². The lowest BCUT2D eigenvalue weighted by molar-refractivity contribution is -0.143. The molecule has 3 unspecified atom stereocenters. The molecule has 2 saturated heterocycles. The molecule has 5 heteroatoms. The number of carbonyl (C=O) groups excluding carboxylic acids is 1. The Morgan fingerprint density at radius 1 is 1.21 bits per heavy atom. The molecule has 3 atom stereocenters. The van der Waals surface area contributed by atoms with Crippen LogP contribution >= 0.6 is 0 Å². The van der Waals surface area contributed by atoms with Crippen molar-refractivity contribution >= 4 is 11.9 Å². The molecule has 24 heavy (non-hydrogen) atoms. The fraction of sp³-hybridized carbons (Fsp3) is 0.579. The summed E-state index contributed by atoms with van der Waals surface area (Å²) in [4.78, 5) is 27.8. The summed E-state index contributed by atoms with van der Waals surface area (Å²) in [6.45, 7) is 3.05. The van der Waals surface area contributed by atoms with Crippen LogP contribution in [0.2, 0.25) is 0 Å². The predicted octanol–water partition coefficient (Wildman–Crippen LogP) is 2.14. The number of carboxylic acids is 1. The summed E-state index contributed by atoms with van der Waals surface area (Å²) in [7, 11) is 1.82. The molecule has 2 heterocycles. The molecule has 0 aromatic heterocycles. The van der Waals surface area contributed by atoms with E-state index >= 15 is 0 Å². The first-order valence-electron chi connectivity index (χ1n) is 8.80. The van der Waals surface area contributed by atoms with E-state index in [1.54, 1.807) is 4.90 Å². The van der Waals surface area contributed by atoms with Crippen LogP contribution in [0.15, 0.2) is 24.3 Å². The van der Waals surface area contributed by atoms with Crippen LogP contribution in [0.1, 0.15) is 37.3 Å². The average Bonchev–Trinajstić information content (AvgIpc) is 3.12. The van der Waals surface area contributed by atoms with Crippen LogP contribution in [-0.4, -0.2) is 52.5 Å². The van der Waals surface area contributed by atoms with Crippen LogP contribution in [0.4, 0.5) is 0 Å². The second kappa shape index (κ2) is 6.93. The molecule has 2 aliphatic heterocycles. The van der Waals surface area contributed by atoms with Crippen LogP contribution in [-0.2, 0) is 22.6 Å². The number of nitrogens with zero attached hydrogens (tertiary/aromatic N) is 2. The number of amides is 1. The highest BCUT2D eigenvalue weighted by atomic mass is 16.4. The van der Waals surface area contributed by atoms with E-state index in [-0.39, 0.29) is 23.9 Å². The van der Waals surface area contributed by atoms with Crippen LogP contribution in [0.25, 0.3) is 0 Å². The molecule has 0 radical (unpaired) electrons. The van der Waals surface area contributed by atoms with Gasteiger partial charge in [-0.3, -0.25) is 14.5 Å². The third-order valence-electron chi connectivity index (χ3n) is 5.59. The second-order valence-electron chi connectivity index (χ2n) is 7.07. The molecule has 1 amide bonds. The number of hydrogen-bond acceptors (Lipinski definition) is 3. The van der Waals surface area contributed by atoms with E-state index in [4.69, 9.17) is 0 Å². The number of aryl methyl sites for hydroxylation is 1. The molecule has 3 rings (SSSR count). The van der Waals surface area contributed by atoms with E-state index in [0.29, 0.717) is 19.5 Å². The normalized spacial score (nSPS) is 25.8. The Morgan fingerprint density at radius 3 is 2.46 bits per heavy atom. The Morgan fingerprint density at radius 2 is 1.88 bits per heavy atom. The third-order valence-corrected chi connectivity index (χ3v) is 5.59. The molecule has 2 bridgehead atoms. The molecule has 130 valence electrons. The maximum Gasteiger partial charge on any atom is 0.308 e. The summed E-state index contributed by atoms with van der Waals surface area (Å²) in [6.07, 6.45) is 3.62. The number of rotatable bonds is 6. The fourth-order valence-electron chi connectivity index (χ4n) is 4.13. The number of benzene rings is 1. The maximum atomic E-state index is 12.6. The van der Waals surface area contributed by atoms with Gasteiger partial charge in [0, 0.05) is 25.7 Å². The first kappa shape index (κ1) is 17.0. The largest absolute Gasteiger partial charge is 0.481 e. The third kappa shape index (κ3) is 3.31. The zero-order valence-corrected chi connectivity index (χ0v) is 14.4. The predicted molar refractivity (Wildman–Crippen MR) is 91.6 cm³/mol. The van der Waals surface area contributed by atoms with Gasteiger partial charge in [0.2, 0.25) is 5.91 Å². The number of hydrogen-bond donors (Lipinski definition) is 1. The van der Waals surface area contributed by atoms with E-state index in [2.05, 4.69) is 36.1 Å². The van der Waals surface area contributed by atoms with Gasteiger partial charge in [0.25, 0.3) is 0 Å². The molecule has 5 nitrogen and oxygen atoms in total. The van der Waals surface area contributed by atoms with Gasteiger partial charge in [-0.15, -0.1) is 0 Å². The molecule has 1 aromatic carbocycles. The molecule has 0 saturated carbocycles. The van der Waals surface area contributed by atoms with Crippen LogP contribution < -0.4 is 0 Å². The van der Waals surface area contributed by atoms with Gasteiger partial charge in [-0.25, -0.2) is 0 Å². The Bertz CT molecular complexity index is 614. The van der Waals surface area contributed by atoms with Crippen molar-refractivity contribution in [2.24, 2.45) is 5.92 Å². The van der Waals surface area contributed by atoms with Gasteiger partial charge in [-0.2, -0.15) is 0 Å². The summed E-state index contributed by atoms with van der Waals surface area (Å²) in [5.74, 6) is -0.954. The standard InChI is InChI=1S/C19H26N2O3/c1-3-13-4-6-14(7-5-13)11-20(2)18(22)12-21-15-8-9-17(21)16(10-15)19(23)24/h4-7,15-17H,3,8-12H2,1-2H3,(H,23,24). The highest BCUT2D eigenvalue weighted by Crippen LogP contribution is 2.41. The van der Waals surface area contributed by atoms with Crippen molar-refractivity contribution in [3.63, 3.8) is 0 Å². The van der Waals surface area contributed by atoms with Gasteiger partial charge in [-0.1, -0.05) is 31.2 Å².